The summed E-state index contributed by atoms with van der Waals surface area (Å²) in [5.41, 5.74) is 2.71. The lowest BCUT2D eigenvalue weighted by atomic mass is 10.1. The zero-order chi connectivity index (χ0) is 12.8. The van der Waals surface area contributed by atoms with Crippen molar-refractivity contribution in [1.82, 2.24) is 4.98 Å². The third-order valence-electron chi connectivity index (χ3n) is 2.90. The van der Waals surface area contributed by atoms with Crippen molar-refractivity contribution < 1.29 is 0 Å². The first-order valence-corrected chi connectivity index (χ1v) is 6.27. The maximum absolute atomic E-state index is 9.24. The lowest BCUT2D eigenvalue weighted by Crippen LogP contribution is -2.26. The Balaban J connectivity index is 3.13. The van der Waals surface area contributed by atoms with Crippen LogP contribution in [0, 0.1) is 25.2 Å². The highest BCUT2D eigenvalue weighted by molar-refractivity contribution is 5.58. The first kappa shape index (κ1) is 13.5. The second kappa shape index (κ2) is 6.24. The number of aromatic nitrogens is 1. The number of hydrogen-bond donors (Lipinski definition) is 0. The fourth-order valence-corrected chi connectivity index (χ4v) is 1.95. The molecule has 0 bridgehead atoms. The number of nitriles is 1. The summed E-state index contributed by atoms with van der Waals surface area (Å²) in [6.45, 7) is 10.1. The predicted molar refractivity (Wildman–Crippen MR) is 71.2 cm³/mol. The van der Waals surface area contributed by atoms with Crippen LogP contribution in [0.3, 0.4) is 0 Å². The monoisotopic (exact) mass is 231 g/mol. The first-order valence-electron chi connectivity index (χ1n) is 6.27. The Morgan fingerprint density at radius 3 is 2.59 bits per heavy atom. The molecule has 92 valence electrons. The van der Waals surface area contributed by atoms with Crippen molar-refractivity contribution >= 4 is 5.82 Å². The van der Waals surface area contributed by atoms with Crippen molar-refractivity contribution in [2.75, 3.05) is 18.0 Å². The van der Waals surface area contributed by atoms with Gasteiger partial charge in [0.25, 0.3) is 0 Å². The molecule has 0 saturated heterocycles. The molecule has 1 rings (SSSR count). The number of aryl methyl sites for hydroxylation is 2. The average molecular weight is 231 g/mol. The molecule has 0 aliphatic carbocycles. The summed E-state index contributed by atoms with van der Waals surface area (Å²) in [5.74, 6) is 0.848. The van der Waals surface area contributed by atoms with E-state index in [1.807, 2.05) is 19.9 Å². The second-order valence-corrected chi connectivity index (χ2v) is 4.32. The average Bonchev–Trinajstić information content (AvgIpc) is 2.29. The van der Waals surface area contributed by atoms with E-state index in [4.69, 9.17) is 0 Å². The molecule has 17 heavy (non-hydrogen) atoms. The van der Waals surface area contributed by atoms with E-state index in [9.17, 15) is 5.26 Å². The van der Waals surface area contributed by atoms with E-state index in [0.717, 1.165) is 43.0 Å². The van der Waals surface area contributed by atoms with Crippen molar-refractivity contribution in [3.63, 3.8) is 0 Å². The fraction of sp³-hybridized carbons (Fsp3) is 0.571. The van der Waals surface area contributed by atoms with Gasteiger partial charge in [0.2, 0.25) is 0 Å². The third kappa shape index (κ3) is 3.20. The third-order valence-corrected chi connectivity index (χ3v) is 2.90. The molecule has 0 aliphatic rings. The normalized spacial score (nSPS) is 10.1. The Morgan fingerprint density at radius 2 is 2.06 bits per heavy atom. The van der Waals surface area contributed by atoms with Gasteiger partial charge < -0.3 is 4.90 Å². The molecule has 0 spiro atoms. The standard InChI is InChI=1S/C14H21N3/c1-5-7-8-17(6-2)14-13(10-15)11(3)9-12(4)16-14/h9H,5-8H2,1-4H3. The maximum Gasteiger partial charge on any atom is 0.147 e. The smallest absolute Gasteiger partial charge is 0.147 e. The van der Waals surface area contributed by atoms with Crippen LogP contribution >= 0.6 is 0 Å². The molecule has 0 saturated carbocycles. The van der Waals surface area contributed by atoms with Gasteiger partial charge in [0.15, 0.2) is 0 Å². The van der Waals surface area contributed by atoms with Gasteiger partial charge in [0, 0.05) is 18.8 Å². The van der Waals surface area contributed by atoms with Crippen LogP contribution in [-0.2, 0) is 0 Å². The summed E-state index contributed by atoms with van der Waals surface area (Å²) in [7, 11) is 0. The predicted octanol–water partition coefficient (Wildman–Crippen LogP) is 3.20. The zero-order valence-corrected chi connectivity index (χ0v) is 11.2. The minimum absolute atomic E-state index is 0.716. The van der Waals surface area contributed by atoms with Crippen LogP contribution < -0.4 is 4.90 Å². The van der Waals surface area contributed by atoms with E-state index in [2.05, 4.69) is 29.8 Å². The number of hydrogen-bond acceptors (Lipinski definition) is 3. The van der Waals surface area contributed by atoms with E-state index in [0.29, 0.717) is 5.56 Å². The lowest BCUT2D eigenvalue weighted by molar-refractivity contribution is 0.721. The number of rotatable bonds is 5. The van der Waals surface area contributed by atoms with Crippen LogP contribution in [0.5, 0.6) is 0 Å². The van der Waals surface area contributed by atoms with Gasteiger partial charge in [-0.3, -0.25) is 0 Å². The molecule has 0 aromatic carbocycles. The lowest BCUT2D eigenvalue weighted by Gasteiger charge is -2.23. The Morgan fingerprint density at radius 1 is 1.35 bits per heavy atom. The van der Waals surface area contributed by atoms with Gasteiger partial charge in [-0.1, -0.05) is 13.3 Å². The van der Waals surface area contributed by atoms with Gasteiger partial charge >= 0.3 is 0 Å². The quantitative estimate of drug-likeness (QED) is 0.781. The van der Waals surface area contributed by atoms with E-state index >= 15 is 0 Å². The molecule has 1 aromatic rings. The zero-order valence-electron chi connectivity index (χ0n) is 11.2. The molecule has 0 amide bonds. The largest absolute Gasteiger partial charge is 0.356 e. The molecule has 3 heteroatoms. The molecular weight excluding hydrogens is 210 g/mol. The van der Waals surface area contributed by atoms with Crippen LogP contribution in [0.25, 0.3) is 0 Å². The van der Waals surface area contributed by atoms with E-state index in [1.54, 1.807) is 0 Å². The molecule has 0 unspecified atom stereocenters. The molecule has 3 nitrogen and oxygen atoms in total. The highest BCUT2D eigenvalue weighted by atomic mass is 15.2. The molecule has 0 atom stereocenters. The van der Waals surface area contributed by atoms with Crippen molar-refractivity contribution in [2.24, 2.45) is 0 Å². The number of unbranched alkanes of at least 4 members (excludes halogenated alkanes) is 1. The van der Waals surface area contributed by atoms with Crippen molar-refractivity contribution in [2.45, 2.75) is 40.5 Å². The van der Waals surface area contributed by atoms with Gasteiger partial charge in [-0.15, -0.1) is 0 Å². The number of nitrogens with zero attached hydrogens (tertiary/aromatic N) is 3. The Kier molecular flexibility index (Phi) is 4.96. The fourth-order valence-electron chi connectivity index (χ4n) is 1.95. The summed E-state index contributed by atoms with van der Waals surface area (Å²) in [6, 6.07) is 4.25. The summed E-state index contributed by atoms with van der Waals surface area (Å²) in [4.78, 5) is 6.73. The van der Waals surface area contributed by atoms with Crippen LogP contribution in [0.15, 0.2) is 6.07 Å². The highest BCUT2D eigenvalue weighted by Crippen LogP contribution is 2.21. The molecule has 1 heterocycles. The molecule has 1 aromatic heterocycles. The van der Waals surface area contributed by atoms with Crippen LogP contribution in [0.1, 0.15) is 43.5 Å². The highest BCUT2D eigenvalue weighted by Gasteiger charge is 2.13. The second-order valence-electron chi connectivity index (χ2n) is 4.32. The Hall–Kier alpha value is -1.56. The van der Waals surface area contributed by atoms with Gasteiger partial charge in [0.05, 0.1) is 5.56 Å². The maximum atomic E-state index is 9.24. The topological polar surface area (TPSA) is 39.9 Å². The van der Waals surface area contributed by atoms with Gasteiger partial charge in [0.1, 0.15) is 11.9 Å². The minimum atomic E-state index is 0.716. The molecule has 0 N–H and O–H groups in total. The SMILES string of the molecule is CCCCN(CC)c1nc(C)cc(C)c1C#N. The molecular formula is C14H21N3. The Labute approximate surface area is 104 Å². The summed E-state index contributed by atoms with van der Waals surface area (Å²) >= 11 is 0. The number of anilines is 1. The van der Waals surface area contributed by atoms with Gasteiger partial charge in [-0.25, -0.2) is 4.98 Å². The van der Waals surface area contributed by atoms with E-state index in [-0.39, 0.29) is 0 Å². The molecule has 0 aliphatic heterocycles. The Bertz CT molecular complexity index is 418. The van der Waals surface area contributed by atoms with Gasteiger partial charge in [-0.05, 0) is 38.8 Å². The van der Waals surface area contributed by atoms with E-state index in [1.165, 1.54) is 0 Å². The summed E-state index contributed by atoms with van der Waals surface area (Å²) < 4.78 is 0. The van der Waals surface area contributed by atoms with Crippen LogP contribution in [0.2, 0.25) is 0 Å². The van der Waals surface area contributed by atoms with Crippen molar-refractivity contribution in [1.29, 1.82) is 5.26 Å². The van der Waals surface area contributed by atoms with E-state index < -0.39 is 0 Å². The van der Waals surface area contributed by atoms with Crippen molar-refractivity contribution in [3.8, 4) is 6.07 Å². The molecule has 0 fully saturated rings. The minimum Gasteiger partial charge on any atom is -0.356 e. The summed E-state index contributed by atoms with van der Waals surface area (Å²) in [6.07, 6.45) is 2.29. The van der Waals surface area contributed by atoms with Crippen LogP contribution in [0.4, 0.5) is 5.82 Å². The summed E-state index contributed by atoms with van der Waals surface area (Å²) in [5, 5.41) is 9.24. The van der Waals surface area contributed by atoms with Crippen molar-refractivity contribution in [3.05, 3.63) is 22.9 Å². The number of pyridine rings is 1. The van der Waals surface area contributed by atoms with Gasteiger partial charge in [-0.2, -0.15) is 5.26 Å². The molecule has 0 radical (unpaired) electrons. The first-order chi connectivity index (χ1) is 8.13. The van der Waals surface area contributed by atoms with Crippen LogP contribution in [-0.4, -0.2) is 18.1 Å².